The number of hydrogen-bond acceptors (Lipinski definition) is 5. The molecule has 0 fully saturated rings. The van der Waals surface area contributed by atoms with Gasteiger partial charge in [0.1, 0.15) is 17.2 Å². The van der Waals surface area contributed by atoms with Crippen LogP contribution < -0.4 is 24.8 Å². The highest BCUT2D eigenvalue weighted by atomic mass is 16.5. The summed E-state index contributed by atoms with van der Waals surface area (Å²) in [6.45, 7) is 13.9. The molecular weight excluding hydrogens is 356 g/mol. The third kappa shape index (κ3) is 7.11. The molecule has 0 spiro atoms. The third-order valence-electron chi connectivity index (χ3n) is 4.55. The van der Waals surface area contributed by atoms with E-state index in [0.29, 0.717) is 35.9 Å². The first kappa shape index (κ1) is 23.9. The van der Waals surface area contributed by atoms with E-state index in [1.165, 1.54) is 0 Å². The number of hydrogen-bond donors (Lipinski definition) is 2. The number of nitrogens with one attached hydrogen (secondary N) is 2. The monoisotopic (exact) mass is 394 g/mol. The van der Waals surface area contributed by atoms with Crippen LogP contribution in [-0.2, 0) is 6.54 Å². The zero-order valence-corrected chi connectivity index (χ0v) is 18.8. The zero-order chi connectivity index (χ0) is 21.1. The van der Waals surface area contributed by atoms with Crippen LogP contribution in [0, 0.1) is 0 Å². The summed E-state index contributed by atoms with van der Waals surface area (Å²) in [5.41, 5.74) is 0.883. The molecule has 160 valence electrons. The van der Waals surface area contributed by atoms with Gasteiger partial charge in [0, 0.05) is 43.9 Å². The molecule has 0 amide bonds. The van der Waals surface area contributed by atoms with Gasteiger partial charge in [-0.2, -0.15) is 0 Å². The van der Waals surface area contributed by atoms with Gasteiger partial charge < -0.3 is 24.8 Å². The quantitative estimate of drug-likeness (QED) is 0.444. The second kappa shape index (κ2) is 12.3. The first-order valence-corrected chi connectivity index (χ1v) is 9.94. The topological polar surface area (TPSA) is 67.4 Å². The van der Waals surface area contributed by atoms with E-state index in [2.05, 4.69) is 50.2 Å². The molecule has 0 bridgehead atoms. The van der Waals surface area contributed by atoms with Crippen molar-refractivity contribution in [2.45, 2.75) is 53.2 Å². The molecule has 0 aromatic heterocycles. The molecule has 1 aromatic rings. The summed E-state index contributed by atoms with van der Waals surface area (Å²) < 4.78 is 16.3. The third-order valence-corrected chi connectivity index (χ3v) is 4.55. The lowest BCUT2D eigenvalue weighted by molar-refractivity contribution is 0.178. The van der Waals surface area contributed by atoms with E-state index in [9.17, 15) is 0 Å². The van der Waals surface area contributed by atoms with Gasteiger partial charge in [-0.15, -0.1) is 0 Å². The van der Waals surface area contributed by atoms with Crippen LogP contribution in [0.5, 0.6) is 17.2 Å². The Labute approximate surface area is 170 Å². The van der Waals surface area contributed by atoms with Crippen LogP contribution in [0.3, 0.4) is 0 Å². The van der Waals surface area contributed by atoms with Gasteiger partial charge in [0.25, 0.3) is 0 Å². The van der Waals surface area contributed by atoms with Crippen LogP contribution in [0.25, 0.3) is 0 Å². The Morgan fingerprint density at radius 3 is 1.96 bits per heavy atom. The van der Waals surface area contributed by atoms with Crippen molar-refractivity contribution in [2.24, 2.45) is 4.99 Å². The first-order valence-electron chi connectivity index (χ1n) is 9.94. The Morgan fingerprint density at radius 2 is 1.54 bits per heavy atom. The van der Waals surface area contributed by atoms with E-state index in [1.54, 1.807) is 21.3 Å². The van der Waals surface area contributed by atoms with Gasteiger partial charge >= 0.3 is 0 Å². The van der Waals surface area contributed by atoms with Crippen molar-refractivity contribution in [1.82, 2.24) is 15.5 Å². The fraction of sp³-hybridized carbons (Fsp3) is 0.667. The molecule has 0 saturated heterocycles. The van der Waals surface area contributed by atoms with Crippen molar-refractivity contribution < 1.29 is 14.2 Å². The highest BCUT2D eigenvalue weighted by Gasteiger charge is 2.14. The van der Waals surface area contributed by atoms with Gasteiger partial charge in [-0.3, -0.25) is 4.90 Å². The van der Waals surface area contributed by atoms with Crippen LogP contribution in [0.2, 0.25) is 0 Å². The van der Waals surface area contributed by atoms with Crippen LogP contribution in [0.15, 0.2) is 17.1 Å². The fourth-order valence-electron chi connectivity index (χ4n) is 3.15. The Bertz CT molecular complexity index is 585. The van der Waals surface area contributed by atoms with E-state index in [1.807, 2.05) is 12.1 Å². The highest BCUT2D eigenvalue weighted by Crippen LogP contribution is 2.34. The number of aliphatic imine (C=N–C) groups is 1. The van der Waals surface area contributed by atoms with Crippen molar-refractivity contribution in [3.63, 3.8) is 0 Å². The number of benzene rings is 1. The Kier molecular flexibility index (Phi) is 10.5. The van der Waals surface area contributed by atoms with Crippen LogP contribution in [0.4, 0.5) is 0 Å². The SMILES string of the molecule is CCNC(=NCc1c(OC)cc(OC)cc1OC)NCCN(C(C)C)C(C)C. The van der Waals surface area contributed by atoms with Crippen molar-refractivity contribution in [1.29, 1.82) is 0 Å². The van der Waals surface area contributed by atoms with E-state index in [4.69, 9.17) is 19.2 Å². The predicted octanol–water partition coefficient (Wildman–Crippen LogP) is 2.89. The summed E-state index contributed by atoms with van der Waals surface area (Å²) >= 11 is 0. The summed E-state index contributed by atoms with van der Waals surface area (Å²) in [6, 6.07) is 4.71. The summed E-state index contributed by atoms with van der Waals surface area (Å²) in [6.07, 6.45) is 0. The lowest BCUT2D eigenvalue weighted by Gasteiger charge is -2.30. The molecule has 0 saturated carbocycles. The summed E-state index contributed by atoms with van der Waals surface area (Å²) in [7, 11) is 4.89. The molecule has 7 heteroatoms. The molecule has 2 N–H and O–H groups in total. The fourth-order valence-corrected chi connectivity index (χ4v) is 3.15. The van der Waals surface area contributed by atoms with Crippen LogP contribution >= 0.6 is 0 Å². The molecule has 7 nitrogen and oxygen atoms in total. The van der Waals surface area contributed by atoms with Gasteiger partial charge in [-0.05, 0) is 34.6 Å². The Balaban J connectivity index is 2.90. The van der Waals surface area contributed by atoms with Gasteiger partial charge in [-0.1, -0.05) is 0 Å². The van der Waals surface area contributed by atoms with Crippen LogP contribution in [0.1, 0.15) is 40.2 Å². The minimum Gasteiger partial charge on any atom is -0.496 e. The minimum atomic E-state index is 0.434. The number of nitrogens with zero attached hydrogens (tertiary/aromatic N) is 2. The summed E-state index contributed by atoms with van der Waals surface area (Å²) in [5, 5.41) is 6.72. The number of ether oxygens (including phenoxy) is 3. The van der Waals surface area contributed by atoms with Gasteiger partial charge in [0.05, 0.1) is 33.4 Å². The molecule has 0 atom stereocenters. The van der Waals surface area contributed by atoms with Crippen molar-refractivity contribution >= 4 is 5.96 Å². The van der Waals surface area contributed by atoms with E-state index >= 15 is 0 Å². The highest BCUT2D eigenvalue weighted by molar-refractivity contribution is 5.79. The molecule has 1 rings (SSSR count). The second-order valence-electron chi connectivity index (χ2n) is 7.06. The first-order chi connectivity index (χ1) is 13.4. The molecule has 0 aliphatic heterocycles. The van der Waals surface area contributed by atoms with Crippen molar-refractivity contribution in [3.05, 3.63) is 17.7 Å². The Morgan fingerprint density at radius 1 is 0.964 bits per heavy atom. The summed E-state index contributed by atoms with van der Waals surface area (Å²) in [5.74, 6) is 2.85. The Hall–Kier alpha value is -2.15. The molecule has 0 aliphatic rings. The largest absolute Gasteiger partial charge is 0.496 e. The molecule has 0 unspecified atom stereocenters. The molecule has 0 aliphatic carbocycles. The van der Waals surface area contributed by atoms with Crippen molar-refractivity contribution in [2.75, 3.05) is 41.0 Å². The van der Waals surface area contributed by atoms with Gasteiger partial charge in [-0.25, -0.2) is 4.99 Å². The van der Waals surface area contributed by atoms with Crippen molar-refractivity contribution in [3.8, 4) is 17.2 Å². The number of guanidine groups is 1. The number of rotatable bonds is 11. The van der Waals surface area contributed by atoms with Crippen LogP contribution in [-0.4, -0.2) is 63.9 Å². The normalized spacial score (nSPS) is 11.9. The lowest BCUT2D eigenvalue weighted by Crippen LogP contribution is -2.45. The lowest BCUT2D eigenvalue weighted by atomic mass is 10.1. The minimum absolute atomic E-state index is 0.434. The molecule has 28 heavy (non-hydrogen) atoms. The summed E-state index contributed by atoms with van der Waals surface area (Å²) in [4.78, 5) is 7.17. The molecule has 0 radical (unpaired) electrons. The predicted molar refractivity (Wildman–Crippen MR) is 116 cm³/mol. The number of methoxy groups -OCH3 is 3. The second-order valence-corrected chi connectivity index (χ2v) is 7.06. The maximum atomic E-state index is 5.51. The maximum Gasteiger partial charge on any atom is 0.191 e. The average Bonchev–Trinajstić information content (AvgIpc) is 2.67. The molecule has 0 heterocycles. The van der Waals surface area contributed by atoms with E-state index in [-0.39, 0.29) is 0 Å². The van der Waals surface area contributed by atoms with E-state index in [0.717, 1.165) is 31.2 Å². The van der Waals surface area contributed by atoms with Gasteiger partial charge in [0.15, 0.2) is 5.96 Å². The molecular formula is C21H38N4O3. The maximum absolute atomic E-state index is 5.51. The van der Waals surface area contributed by atoms with Gasteiger partial charge in [0.2, 0.25) is 0 Å². The molecule has 1 aromatic carbocycles. The van der Waals surface area contributed by atoms with E-state index < -0.39 is 0 Å². The smallest absolute Gasteiger partial charge is 0.191 e. The average molecular weight is 395 g/mol. The zero-order valence-electron chi connectivity index (χ0n) is 18.8. The standard InChI is InChI=1S/C21H38N4O3/c1-9-22-21(23-10-11-25(15(2)3)16(4)5)24-14-18-19(27-7)12-17(26-6)13-20(18)28-8/h12-13,15-16H,9-11,14H2,1-8H3,(H2,22,23,24).